The molecule has 2 aromatic heterocycles. The van der Waals surface area contributed by atoms with Crippen LogP contribution >= 0.6 is 0 Å². The Morgan fingerprint density at radius 1 is 0.883 bits per heavy atom. The second-order valence-electron chi connectivity index (χ2n) is 19.1. The van der Waals surface area contributed by atoms with Crippen LogP contribution in [0.5, 0.6) is 0 Å². The van der Waals surface area contributed by atoms with E-state index in [2.05, 4.69) is 57.4 Å². The summed E-state index contributed by atoms with van der Waals surface area (Å²) in [6.45, 7) is 11.9. The number of rotatable bonds is 26. The van der Waals surface area contributed by atoms with E-state index in [-0.39, 0.29) is 79.9 Å². The van der Waals surface area contributed by atoms with E-state index < -0.39 is 23.3 Å². The van der Waals surface area contributed by atoms with Gasteiger partial charge < -0.3 is 56.8 Å². The molecular weight excluding hydrogens is 998 g/mol. The molecule has 420 valence electrons. The van der Waals surface area contributed by atoms with Gasteiger partial charge in [0.15, 0.2) is 6.29 Å². The van der Waals surface area contributed by atoms with Gasteiger partial charge in [-0.15, -0.1) is 0 Å². The number of halogens is 1. The number of carbonyl (C=O) groups is 8. The van der Waals surface area contributed by atoms with Gasteiger partial charge in [-0.1, -0.05) is 63.9 Å². The molecule has 4 aromatic rings. The Morgan fingerprint density at radius 3 is 2.17 bits per heavy atom. The molecule has 9 N–H and O–H groups in total. The lowest BCUT2D eigenvalue weighted by Gasteiger charge is -2.22. The van der Waals surface area contributed by atoms with Crippen molar-refractivity contribution in [3.8, 4) is 11.4 Å². The average Bonchev–Trinajstić information content (AvgIpc) is 3.82. The standard InChI is InChI=1S/C24H23FN2O4.C20H30N4O4.C6H11N3O4.C5H12/c1-12-13-5-4-6-14-15-9-27-20(22(15)26-19(21(13)14)8-18(12)25)7-17(24(2,30)11-28)16(10-31-3)23(27)29;1-16(12-17-8-4-2-5-9-17)24-20(28)14-23-19(27)13-22-18(26)10-6-3-7-11-21-15-25;7-5(11)2-13-4-9-6(12)1-8-3-10;1-4-5(2)3/h7-8,11,30H,4-6,9-10H2,1-3H3;2,4-5,8-9,15-16H,3,6-7,10-14H2,1H3,(H,21,25)(H,22,26)(H,23,27)(H,24,28);3H,1-2,4H2,(H2,7,11)(H,8,10)(H,9,12);5H,4H2,1-3H3/t24-;;;/m1.../s1. The van der Waals surface area contributed by atoms with Crippen molar-refractivity contribution in [1.82, 2.24) is 41.5 Å². The Bertz CT molecular complexity index is 2710. The maximum atomic E-state index is 14.6. The molecule has 0 bridgehead atoms. The van der Waals surface area contributed by atoms with Crippen LogP contribution in [-0.2, 0) is 85.8 Å². The molecule has 3 heterocycles. The number of aldehydes is 1. The summed E-state index contributed by atoms with van der Waals surface area (Å²) in [6.07, 6.45) is 8.69. The highest BCUT2D eigenvalue weighted by Gasteiger charge is 2.34. The molecule has 21 nitrogen and oxygen atoms in total. The zero-order valence-corrected chi connectivity index (χ0v) is 45.2. The molecule has 77 heavy (non-hydrogen) atoms. The maximum absolute atomic E-state index is 14.6. The van der Waals surface area contributed by atoms with Crippen LogP contribution in [0.4, 0.5) is 4.39 Å². The minimum Gasteiger partial charge on any atom is -0.380 e. The minimum atomic E-state index is -1.84. The highest BCUT2D eigenvalue weighted by atomic mass is 19.1. The summed E-state index contributed by atoms with van der Waals surface area (Å²) in [6, 6.07) is 12.9. The molecule has 2 atom stereocenters. The molecule has 22 heteroatoms. The van der Waals surface area contributed by atoms with Crippen molar-refractivity contribution in [3.05, 3.63) is 97.6 Å². The van der Waals surface area contributed by atoms with E-state index in [1.165, 1.54) is 26.5 Å². The van der Waals surface area contributed by atoms with E-state index in [0.717, 1.165) is 65.7 Å². The molecule has 1 aliphatic carbocycles. The van der Waals surface area contributed by atoms with Crippen LogP contribution in [-0.4, -0.2) is 116 Å². The van der Waals surface area contributed by atoms with Crippen LogP contribution < -0.4 is 43.2 Å². The Kier molecular flexibility index (Phi) is 27.3. The van der Waals surface area contributed by atoms with E-state index >= 15 is 0 Å². The third-order valence-electron chi connectivity index (χ3n) is 12.5. The quantitative estimate of drug-likeness (QED) is 0.0225. The number of aliphatic hydroxyl groups is 1. The lowest BCUT2D eigenvalue weighted by Crippen LogP contribution is -2.44. The van der Waals surface area contributed by atoms with E-state index in [1.807, 2.05) is 37.3 Å². The fourth-order valence-corrected chi connectivity index (χ4v) is 8.19. The SMILES string of the molecule is CC(Cc1ccccc1)NC(=O)CNC(=O)CNC(=O)CCCCCNC=O.CCC(C)C.COCc1c([C@](C)(O)C=O)cc2n(c1=O)Cc1c-2nc2cc(F)c(C)c3c2c1CCC3.NC(=O)COCNC(=O)CNC=O. The first kappa shape index (κ1) is 63.9. The van der Waals surface area contributed by atoms with Gasteiger partial charge in [0, 0.05) is 54.3 Å². The van der Waals surface area contributed by atoms with Crippen molar-refractivity contribution in [2.24, 2.45) is 11.7 Å². The Labute approximate surface area is 448 Å². The normalized spacial score (nSPS) is 12.7. The Balaban J connectivity index is 0.000000311. The molecular formula is C55H76FN9O12. The van der Waals surface area contributed by atoms with Crippen molar-refractivity contribution in [1.29, 1.82) is 0 Å². The monoisotopic (exact) mass is 1070 g/mol. The predicted octanol–water partition coefficient (Wildman–Crippen LogP) is 2.55. The number of hydrogen-bond acceptors (Lipinski definition) is 13. The van der Waals surface area contributed by atoms with Gasteiger partial charge in [0.05, 0.1) is 49.7 Å². The van der Waals surface area contributed by atoms with Gasteiger partial charge in [-0.3, -0.25) is 43.2 Å². The summed E-state index contributed by atoms with van der Waals surface area (Å²) in [5.74, 6) is -1.30. The molecule has 0 spiro atoms. The fraction of sp³-hybridized carbons (Fsp3) is 0.491. The van der Waals surface area contributed by atoms with Crippen LogP contribution in [0, 0.1) is 18.7 Å². The molecule has 2 aromatic carbocycles. The second kappa shape index (κ2) is 32.9. The fourth-order valence-electron chi connectivity index (χ4n) is 8.19. The highest BCUT2D eigenvalue weighted by Crippen LogP contribution is 2.42. The van der Waals surface area contributed by atoms with Gasteiger partial charge in [-0.25, -0.2) is 9.37 Å². The van der Waals surface area contributed by atoms with Gasteiger partial charge in [0.25, 0.3) is 5.56 Å². The minimum absolute atomic E-state index is 0.0222. The smallest absolute Gasteiger partial charge is 0.257 e. The van der Waals surface area contributed by atoms with Crippen molar-refractivity contribution in [2.75, 3.05) is 46.6 Å². The first-order chi connectivity index (χ1) is 36.7. The Morgan fingerprint density at radius 2 is 1.53 bits per heavy atom. The van der Waals surface area contributed by atoms with E-state index in [1.54, 1.807) is 17.6 Å². The number of benzene rings is 2. The number of aryl methyl sites for hydroxylation is 2. The molecule has 1 aliphatic heterocycles. The predicted molar refractivity (Wildman–Crippen MR) is 287 cm³/mol. The van der Waals surface area contributed by atoms with Gasteiger partial charge >= 0.3 is 0 Å². The molecule has 0 fully saturated rings. The average molecular weight is 1070 g/mol. The summed E-state index contributed by atoms with van der Waals surface area (Å²) in [4.78, 5) is 106. The number of carbonyl (C=O) groups excluding carboxylic acids is 8. The third kappa shape index (κ3) is 20.6. The number of ether oxygens (including phenoxy) is 2. The number of pyridine rings is 2. The van der Waals surface area contributed by atoms with Crippen LogP contribution in [0.1, 0.15) is 112 Å². The summed E-state index contributed by atoms with van der Waals surface area (Å²) in [7, 11) is 1.46. The summed E-state index contributed by atoms with van der Waals surface area (Å²) >= 11 is 0. The summed E-state index contributed by atoms with van der Waals surface area (Å²) < 4.78 is 26.0. The molecule has 1 unspecified atom stereocenters. The van der Waals surface area contributed by atoms with Crippen molar-refractivity contribution >= 4 is 59.5 Å². The van der Waals surface area contributed by atoms with Gasteiger partial charge in [-0.05, 0) is 93.5 Å². The van der Waals surface area contributed by atoms with Crippen molar-refractivity contribution < 1.29 is 57.3 Å². The van der Waals surface area contributed by atoms with E-state index in [0.29, 0.717) is 73.9 Å². The first-order valence-corrected chi connectivity index (χ1v) is 25.6. The second-order valence-corrected chi connectivity index (χ2v) is 19.1. The zero-order valence-electron chi connectivity index (χ0n) is 45.2. The van der Waals surface area contributed by atoms with Crippen LogP contribution in [0.3, 0.4) is 0 Å². The van der Waals surface area contributed by atoms with Crippen molar-refractivity contribution in [2.45, 2.75) is 124 Å². The number of primary amides is 1. The topological polar surface area (TPSA) is 308 Å². The molecule has 2 aliphatic rings. The largest absolute Gasteiger partial charge is 0.380 e. The van der Waals surface area contributed by atoms with Gasteiger partial charge in [0.1, 0.15) is 24.8 Å². The maximum Gasteiger partial charge on any atom is 0.257 e. The molecule has 0 saturated carbocycles. The number of unbranched alkanes of at least 4 members (excludes halogenated alkanes) is 2. The molecule has 0 saturated heterocycles. The number of hydrogen-bond donors (Lipinski definition) is 8. The number of nitrogens with two attached hydrogens (primary N) is 1. The first-order valence-electron chi connectivity index (χ1n) is 25.6. The Hall–Kier alpha value is -7.43. The molecule has 7 amide bonds. The van der Waals surface area contributed by atoms with Crippen LogP contribution in [0.15, 0.2) is 47.3 Å². The molecule has 6 rings (SSSR count). The lowest BCUT2D eigenvalue weighted by atomic mass is 9.84. The lowest BCUT2D eigenvalue weighted by molar-refractivity contribution is -0.127. The number of methoxy groups -OCH3 is 1. The highest BCUT2D eigenvalue weighted by molar-refractivity contribution is 5.92. The number of nitrogens with zero attached hydrogens (tertiary/aromatic N) is 2. The van der Waals surface area contributed by atoms with E-state index in [9.17, 15) is 52.6 Å². The molecule has 0 radical (unpaired) electrons. The van der Waals surface area contributed by atoms with Crippen molar-refractivity contribution in [3.63, 3.8) is 0 Å². The number of nitrogens with one attached hydrogen (secondary N) is 6. The third-order valence-corrected chi connectivity index (χ3v) is 12.5. The summed E-state index contributed by atoms with van der Waals surface area (Å²) in [5, 5.41) is 26.5. The van der Waals surface area contributed by atoms with Gasteiger partial charge in [0.2, 0.25) is 42.4 Å². The van der Waals surface area contributed by atoms with Crippen LogP contribution in [0.25, 0.3) is 22.3 Å². The summed E-state index contributed by atoms with van der Waals surface area (Å²) in [5.41, 5.74) is 9.64. The number of fused-ring (bicyclic) bond motifs is 4. The number of aromatic nitrogens is 2. The van der Waals surface area contributed by atoms with Gasteiger partial charge in [-0.2, -0.15) is 0 Å². The van der Waals surface area contributed by atoms with Crippen LogP contribution in [0.2, 0.25) is 0 Å². The zero-order chi connectivity index (χ0) is 57.1. The van der Waals surface area contributed by atoms with E-state index in [4.69, 9.17) is 15.5 Å². The number of amides is 7.